The van der Waals surface area contributed by atoms with Gasteiger partial charge in [0.1, 0.15) is 12.4 Å². The first-order chi connectivity index (χ1) is 9.85. The Kier molecular flexibility index (Phi) is 3.60. The lowest BCUT2D eigenvalue weighted by atomic mass is 10.1. The Hall–Kier alpha value is -2.40. The molecule has 3 rings (SSSR count). The lowest BCUT2D eigenvalue weighted by molar-refractivity contribution is 0.290. The smallest absolute Gasteiger partial charge is 0.120 e. The molecule has 0 aliphatic heterocycles. The molecule has 2 aromatic carbocycles. The summed E-state index contributed by atoms with van der Waals surface area (Å²) in [4.78, 5) is 0. The van der Waals surface area contributed by atoms with Crippen LogP contribution >= 0.6 is 0 Å². The van der Waals surface area contributed by atoms with Crippen molar-refractivity contribution >= 4 is 10.8 Å². The summed E-state index contributed by atoms with van der Waals surface area (Å²) < 4.78 is 7.48. The van der Waals surface area contributed by atoms with Crippen LogP contribution in [0.1, 0.15) is 5.69 Å². The maximum Gasteiger partial charge on any atom is 0.120 e. The first-order valence-electron chi connectivity index (χ1n) is 6.56. The van der Waals surface area contributed by atoms with Crippen molar-refractivity contribution in [2.45, 2.75) is 13.1 Å². The number of nitrogens with two attached hydrogens (primary N) is 1. The van der Waals surface area contributed by atoms with Gasteiger partial charge in [-0.2, -0.15) is 0 Å². The van der Waals surface area contributed by atoms with Crippen LogP contribution in [-0.2, 0) is 13.1 Å². The van der Waals surface area contributed by atoms with Crippen LogP contribution in [0.2, 0.25) is 0 Å². The van der Waals surface area contributed by atoms with Crippen LogP contribution in [0.5, 0.6) is 5.75 Å². The summed E-state index contributed by atoms with van der Waals surface area (Å²) in [5.41, 5.74) is 6.28. The maximum atomic E-state index is 5.74. The fourth-order valence-electron chi connectivity index (χ4n) is 2.06. The number of rotatable bonds is 5. The van der Waals surface area contributed by atoms with Gasteiger partial charge in [-0.3, -0.25) is 0 Å². The molecule has 5 heteroatoms. The molecule has 1 aromatic heterocycles. The third-order valence-electron chi connectivity index (χ3n) is 3.11. The summed E-state index contributed by atoms with van der Waals surface area (Å²) >= 11 is 0. The Morgan fingerprint density at radius 2 is 1.95 bits per heavy atom. The number of nitrogens with zero attached hydrogens (tertiary/aromatic N) is 3. The second-order valence-corrected chi connectivity index (χ2v) is 4.53. The molecule has 5 nitrogen and oxygen atoms in total. The average Bonchev–Trinajstić information content (AvgIpc) is 2.95. The maximum absolute atomic E-state index is 5.74. The van der Waals surface area contributed by atoms with Crippen molar-refractivity contribution in [3.63, 3.8) is 0 Å². The van der Waals surface area contributed by atoms with E-state index in [2.05, 4.69) is 28.5 Å². The Morgan fingerprint density at radius 1 is 1.10 bits per heavy atom. The molecule has 0 bridgehead atoms. The van der Waals surface area contributed by atoms with Crippen molar-refractivity contribution in [1.29, 1.82) is 0 Å². The predicted molar refractivity (Wildman–Crippen MR) is 77.4 cm³/mol. The molecule has 20 heavy (non-hydrogen) atoms. The van der Waals surface area contributed by atoms with Gasteiger partial charge in [0.15, 0.2) is 0 Å². The van der Waals surface area contributed by atoms with Gasteiger partial charge in [0, 0.05) is 12.7 Å². The van der Waals surface area contributed by atoms with E-state index in [1.807, 2.05) is 30.5 Å². The monoisotopic (exact) mass is 268 g/mol. The standard InChI is InChI=1S/C15H16N4O/c16-10-14-11-19(18-17-14)7-8-20-15-6-5-12-3-1-2-4-13(12)9-15/h1-6,9,11H,7-8,10,16H2. The van der Waals surface area contributed by atoms with Crippen molar-refractivity contribution < 1.29 is 4.74 Å². The Labute approximate surface area is 117 Å². The number of fused-ring (bicyclic) bond motifs is 1. The van der Waals surface area contributed by atoms with Crippen LogP contribution in [0.3, 0.4) is 0 Å². The van der Waals surface area contributed by atoms with Crippen molar-refractivity contribution in [2.24, 2.45) is 5.73 Å². The lowest BCUT2D eigenvalue weighted by Gasteiger charge is -2.07. The zero-order valence-corrected chi connectivity index (χ0v) is 11.1. The second-order valence-electron chi connectivity index (χ2n) is 4.53. The minimum Gasteiger partial charge on any atom is -0.492 e. The third-order valence-corrected chi connectivity index (χ3v) is 3.11. The van der Waals surface area contributed by atoms with Gasteiger partial charge < -0.3 is 10.5 Å². The minimum absolute atomic E-state index is 0.408. The molecule has 0 saturated carbocycles. The minimum atomic E-state index is 0.408. The molecule has 0 amide bonds. The molecule has 2 N–H and O–H groups in total. The molecule has 3 aromatic rings. The van der Waals surface area contributed by atoms with Gasteiger partial charge in [-0.1, -0.05) is 35.5 Å². The zero-order valence-electron chi connectivity index (χ0n) is 11.1. The van der Waals surface area contributed by atoms with Crippen LogP contribution in [0.15, 0.2) is 48.7 Å². The van der Waals surface area contributed by atoms with Gasteiger partial charge in [0.2, 0.25) is 0 Å². The Morgan fingerprint density at radius 3 is 2.75 bits per heavy atom. The van der Waals surface area contributed by atoms with Crippen LogP contribution in [-0.4, -0.2) is 21.6 Å². The lowest BCUT2D eigenvalue weighted by Crippen LogP contribution is -2.08. The predicted octanol–water partition coefficient (Wildman–Crippen LogP) is 1.97. The zero-order chi connectivity index (χ0) is 13.8. The van der Waals surface area contributed by atoms with E-state index < -0.39 is 0 Å². The fraction of sp³-hybridized carbons (Fsp3) is 0.200. The van der Waals surface area contributed by atoms with E-state index in [9.17, 15) is 0 Å². The summed E-state index contributed by atoms with van der Waals surface area (Å²) in [5.74, 6) is 0.864. The van der Waals surface area contributed by atoms with Crippen LogP contribution in [0.4, 0.5) is 0 Å². The number of ether oxygens (including phenoxy) is 1. The van der Waals surface area contributed by atoms with Gasteiger partial charge in [-0.25, -0.2) is 4.68 Å². The van der Waals surface area contributed by atoms with Crippen LogP contribution in [0.25, 0.3) is 10.8 Å². The molecule has 1 heterocycles. The number of aromatic nitrogens is 3. The van der Waals surface area contributed by atoms with E-state index in [1.54, 1.807) is 4.68 Å². The molecule has 102 valence electrons. The first-order valence-corrected chi connectivity index (χ1v) is 6.56. The molecule has 0 spiro atoms. The topological polar surface area (TPSA) is 66.0 Å². The van der Waals surface area contributed by atoms with E-state index in [0.717, 1.165) is 11.4 Å². The quantitative estimate of drug-likeness (QED) is 0.768. The number of hydrogen-bond acceptors (Lipinski definition) is 4. The van der Waals surface area contributed by atoms with Crippen molar-refractivity contribution in [1.82, 2.24) is 15.0 Å². The molecule has 0 radical (unpaired) electrons. The van der Waals surface area contributed by atoms with E-state index in [-0.39, 0.29) is 0 Å². The van der Waals surface area contributed by atoms with Crippen molar-refractivity contribution in [3.05, 3.63) is 54.4 Å². The molecule has 0 saturated heterocycles. The molecule has 0 aliphatic carbocycles. The molecular formula is C15H16N4O. The number of benzene rings is 2. The molecule has 0 fully saturated rings. The highest BCUT2D eigenvalue weighted by Crippen LogP contribution is 2.20. The van der Waals surface area contributed by atoms with Gasteiger partial charge in [0.25, 0.3) is 0 Å². The SMILES string of the molecule is NCc1cn(CCOc2ccc3ccccc3c2)nn1. The molecule has 0 aliphatic rings. The Bertz CT molecular complexity index is 708. The summed E-state index contributed by atoms with van der Waals surface area (Å²) in [6, 6.07) is 14.3. The van der Waals surface area contributed by atoms with E-state index >= 15 is 0 Å². The summed E-state index contributed by atoms with van der Waals surface area (Å²) in [6.07, 6.45) is 1.84. The summed E-state index contributed by atoms with van der Waals surface area (Å²) in [5, 5.41) is 10.3. The normalized spacial score (nSPS) is 10.8. The third kappa shape index (κ3) is 2.78. The largest absolute Gasteiger partial charge is 0.492 e. The van der Waals surface area contributed by atoms with Gasteiger partial charge in [-0.05, 0) is 22.9 Å². The van der Waals surface area contributed by atoms with E-state index in [4.69, 9.17) is 10.5 Å². The molecular weight excluding hydrogens is 252 g/mol. The average molecular weight is 268 g/mol. The van der Waals surface area contributed by atoms with E-state index in [1.165, 1.54) is 10.8 Å². The van der Waals surface area contributed by atoms with Crippen molar-refractivity contribution in [2.75, 3.05) is 6.61 Å². The molecule has 0 unspecified atom stereocenters. The highest BCUT2D eigenvalue weighted by atomic mass is 16.5. The van der Waals surface area contributed by atoms with Crippen LogP contribution < -0.4 is 10.5 Å². The van der Waals surface area contributed by atoms with Gasteiger partial charge in [0.05, 0.1) is 12.2 Å². The molecule has 0 atom stereocenters. The van der Waals surface area contributed by atoms with E-state index in [0.29, 0.717) is 19.7 Å². The number of hydrogen-bond donors (Lipinski definition) is 1. The van der Waals surface area contributed by atoms with Gasteiger partial charge >= 0.3 is 0 Å². The highest BCUT2D eigenvalue weighted by molar-refractivity contribution is 5.83. The van der Waals surface area contributed by atoms with Gasteiger partial charge in [-0.15, -0.1) is 5.10 Å². The second kappa shape index (κ2) is 5.71. The van der Waals surface area contributed by atoms with Crippen molar-refractivity contribution in [3.8, 4) is 5.75 Å². The Balaban J connectivity index is 1.62. The van der Waals surface area contributed by atoms with Crippen LogP contribution in [0, 0.1) is 0 Å². The fourth-order valence-corrected chi connectivity index (χ4v) is 2.06. The summed E-state index contributed by atoms with van der Waals surface area (Å²) in [7, 11) is 0. The highest BCUT2D eigenvalue weighted by Gasteiger charge is 2.00. The first kappa shape index (κ1) is 12.6. The summed E-state index contributed by atoms with van der Waals surface area (Å²) in [6.45, 7) is 1.61.